The van der Waals surface area contributed by atoms with Gasteiger partial charge in [-0.15, -0.1) is 11.6 Å². The van der Waals surface area contributed by atoms with Gasteiger partial charge in [-0.05, 0) is 19.4 Å². The van der Waals surface area contributed by atoms with Crippen LogP contribution in [0.4, 0.5) is 0 Å². The van der Waals surface area contributed by atoms with Gasteiger partial charge in [0.15, 0.2) is 0 Å². The monoisotopic (exact) mass is 177 g/mol. The summed E-state index contributed by atoms with van der Waals surface area (Å²) in [6, 6.07) is 0. The van der Waals surface area contributed by atoms with Crippen LogP contribution < -0.4 is 0 Å². The zero-order valence-corrected chi connectivity index (χ0v) is 7.81. The smallest absolute Gasteiger partial charge is 0.0475 e. The van der Waals surface area contributed by atoms with Crippen molar-refractivity contribution in [1.82, 2.24) is 4.90 Å². The molecule has 0 N–H and O–H groups in total. The molecule has 1 aliphatic rings. The maximum absolute atomic E-state index is 5.95. The standard InChI is InChI=1S/C8H16ClNO/c1-11-6-2-4-10-5-3-8(9)7-10/h8H,2-7H2,1H3. The van der Waals surface area contributed by atoms with E-state index in [1.54, 1.807) is 7.11 Å². The molecule has 0 amide bonds. The van der Waals surface area contributed by atoms with Crippen molar-refractivity contribution in [3.05, 3.63) is 0 Å². The first-order valence-corrected chi connectivity index (χ1v) is 4.62. The Morgan fingerprint density at radius 3 is 3.00 bits per heavy atom. The van der Waals surface area contributed by atoms with Gasteiger partial charge in [0, 0.05) is 32.2 Å². The largest absolute Gasteiger partial charge is 0.385 e. The molecule has 3 heteroatoms. The zero-order chi connectivity index (χ0) is 8.10. The molecule has 0 spiro atoms. The van der Waals surface area contributed by atoms with E-state index in [0.717, 1.165) is 39.1 Å². The first kappa shape index (κ1) is 9.30. The van der Waals surface area contributed by atoms with E-state index < -0.39 is 0 Å². The lowest BCUT2D eigenvalue weighted by molar-refractivity contribution is 0.179. The van der Waals surface area contributed by atoms with Crippen LogP contribution in [0.25, 0.3) is 0 Å². The van der Waals surface area contributed by atoms with Crippen LogP contribution in [0.3, 0.4) is 0 Å². The predicted molar refractivity (Wildman–Crippen MR) is 47.2 cm³/mol. The fraction of sp³-hybridized carbons (Fsp3) is 1.00. The Kier molecular flexibility index (Phi) is 4.20. The second-order valence-corrected chi connectivity index (χ2v) is 3.65. The highest BCUT2D eigenvalue weighted by atomic mass is 35.5. The highest BCUT2D eigenvalue weighted by Crippen LogP contribution is 2.14. The van der Waals surface area contributed by atoms with E-state index in [-0.39, 0.29) is 0 Å². The van der Waals surface area contributed by atoms with Crippen molar-refractivity contribution in [2.24, 2.45) is 0 Å². The highest BCUT2D eigenvalue weighted by Gasteiger charge is 2.18. The fourth-order valence-corrected chi connectivity index (χ4v) is 1.71. The molecule has 1 rings (SSSR count). The Balaban J connectivity index is 1.99. The fourth-order valence-electron chi connectivity index (χ4n) is 1.42. The number of alkyl halides is 1. The van der Waals surface area contributed by atoms with Gasteiger partial charge in [-0.25, -0.2) is 0 Å². The summed E-state index contributed by atoms with van der Waals surface area (Å²) in [5.41, 5.74) is 0. The van der Waals surface area contributed by atoms with Crippen molar-refractivity contribution in [3.8, 4) is 0 Å². The third-order valence-electron chi connectivity index (χ3n) is 2.04. The maximum atomic E-state index is 5.95. The van der Waals surface area contributed by atoms with Crippen LogP contribution >= 0.6 is 11.6 Å². The molecular weight excluding hydrogens is 162 g/mol. The lowest BCUT2D eigenvalue weighted by Gasteiger charge is -2.13. The Hall–Kier alpha value is 0.210. The first-order valence-electron chi connectivity index (χ1n) is 4.18. The number of rotatable bonds is 4. The molecule has 1 unspecified atom stereocenters. The van der Waals surface area contributed by atoms with Gasteiger partial charge in [0.25, 0.3) is 0 Å². The summed E-state index contributed by atoms with van der Waals surface area (Å²) in [6.45, 7) is 4.23. The highest BCUT2D eigenvalue weighted by molar-refractivity contribution is 6.20. The van der Waals surface area contributed by atoms with E-state index in [2.05, 4.69) is 4.90 Å². The van der Waals surface area contributed by atoms with E-state index in [1.807, 2.05) is 0 Å². The number of halogens is 1. The Morgan fingerprint density at radius 1 is 1.64 bits per heavy atom. The summed E-state index contributed by atoms with van der Waals surface area (Å²) >= 11 is 5.95. The third kappa shape index (κ3) is 3.41. The molecule has 0 aromatic carbocycles. The minimum Gasteiger partial charge on any atom is -0.385 e. The maximum Gasteiger partial charge on any atom is 0.0475 e. The predicted octanol–water partition coefficient (Wildman–Crippen LogP) is 1.34. The molecule has 0 aromatic heterocycles. The first-order chi connectivity index (χ1) is 5.33. The van der Waals surface area contributed by atoms with Gasteiger partial charge in [-0.3, -0.25) is 0 Å². The van der Waals surface area contributed by atoms with Crippen molar-refractivity contribution in [2.45, 2.75) is 18.2 Å². The van der Waals surface area contributed by atoms with Crippen LogP contribution in [-0.4, -0.2) is 43.6 Å². The quantitative estimate of drug-likeness (QED) is 0.475. The van der Waals surface area contributed by atoms with Crippen molar-refractivity contribution in [1.29, 1.82) is 0 Å². The van der Waals surface area contributed by atoms with Gasteiger partial charge in [-0.2, -0.15) is 0 Å². The van der Waals surface area contributed by atoms with Crippen molar-refractivity contribution in [2.75, 3.05) is 33.4 Å². The van der Waals surface area contributed by atoms with Crippen LogP contribution in [0, 0.1) is 0 Å². The molecule has 11 heavy (non-hydrogen) atoms. The summed E-state index contributed by atoms with van der Waals surface area (Å²) in [5.74, 6) is 0. The summed E-state index contributed by atoms with van der Waals surface area (Å²) in [6.07, 6.45) is 2.27. The lowest BCUT2D eigenvalue weighted by atomic mass is 10.4. The van der Waals surface area contributed by atoms with Crippen LogP contribution in [0.15, 0.2) is 0 Å². The molecule has 0 aliphatic carbocycles. The van der Waals surface area contributed by atoms with Crippen molar-refractivity contribution < 1.29 is 4.74 Å². The molecule has 1 heterocycles. The van der Waals surface area contributed by atoms with Crippen molar-refractivity contribution >= 4 is 11.6 Å². The molecule has 0 aromatic rings. The Labute approximate surface area is 73.5 Å². The van der Waals surface area contributed by atoms with E-state index >= 15 is 0 Å². The molecule has 0 saturated carbocycles. The van der Waals surface area contributed by atoms with Crippen LogP contribution in [0.1, 0.15) is 12.8 Å². The number of nitrogens with zero attached hydrogens (tertiary/aromatic N) is 1. The Morgan fingerprint density at radius 2 is 2.45 bits per heavy atom. The molecule has 0 radical (unpaired) electrons. The van der Waals surface area contributed by atoms with E-state index in [0.29, 0.717) is 5.38 Å². The third-order valence-corrected chi connectivity index (χ3v) is 2.39. The van der Waals surface area contributed by atoms with Gasteiger partial charge in [0.05, 0.1) is 0 Å². The molecule has 1 saturated heterocycles. The molecule has 2 nitrogen and oxygen atoms in total. The van der Waals surface area contributed by atoms with Crippen LogP contribution in [0.5, 0.6) is 0 Å². The van der Waals surface area contributed by atoms with Crippen LogP contribution in [-0.2, 0) is 4.74 Å². The number of hydrogen-bond acceptors (Lipinski definition) is 2. The van der Waals surface area contributed by atoms with Gasteiger partial charge in [0.2, 0.25) is 0 Å². The van der Waals surface area contributed by atoms with Gasteiger partial charge in [-0.1, -0.05) is 0 Å². The number of likely N-dealkylation sites (tertiary alicyclic amines) is 1. The molecule has 1 aliphatic heterocycles. The number of hydrogen-bond donors (Lipinski definition) is 0. The van der Waals surface area contributed by atoms with E-state index in [4.69, 9.17) is 16.3 Å². The zero-order valence-electron chi connectivity index (χ0n) is 7.05. The average molecular weight is 178 g/mol. The molecule has 66 valence electrons. The summed E-state index contributed by atoms with van der Waals surface area (Å²) in [5, 5.41) is 0.387. The number of ether oxygens (including phenoxy) is 1. The minimum absolute atomic E-state index is 0.387. The van der Waals surface area contributed by atoms with E-state index in [9.17, 15) is 0 Å². The minimum atomic E-state index is 0.387. The normalized spacial score (nSPS) is 26.2. The average Bonchev–Trinajstić information content (AvgIpc) is 2.37. The SMILES string of the molecule is COCCCN1CCC(Cl)C1. The second kappa shape index (κ2) is 4.96. The number of methoxy groups -OCH3 is 1. The molecule has 1 atom stereocenters. The van der Waals surface area contributed by atoms with Gasteiger partial charge < -0.3 is 9.64 Å². The van der Waals surface area contributed by atoms with E-state index in [1.165, 1.54) is 0 Å². The summed E-state index contributed by atoms with van der Waals surface area (Å²) in [7, 11) is 1.74. The van der Waals surface area contributed by atoms with Gasteiger partial charge in [0.1, 0.15) is 0 Å². The van der Waals surface area contributed by atoms with Crippen molar-refractivity contribution in [3.63, 3.8) is 0 Å². The second-order valence-electron chi connectivity index (χ2n) is 3.03. The lowest BCUT2D eigenvalue weighted by Crippen LogP contribution is -2.22. The van der Waals surface area contributed by atoms with Gasteiger partial charge >= 0.3 is 0 Å². The summed E-state index contributed by atoms with van der Waals surface area (Å²) in [4.78, 5) is 2.40. The topological polar surface area (TPSA) is 12.5 Å². The molecule has 0 bridgehead atoms. The van der Waals surface area contributed by atoms with Crippen LogP contribution in [0.2, 0.25) is 0 Å². The molecule has 1 fully saturated rings. The summed E-state index contributed by atoms with van der Waals surface area (Å²) < 4.78 is 4.97. The Bertz CT molecular complexity index is 110. The molecular formula is C8H16ClNO.